The molecule has 3 aromatic rings. The van der Waals surface area contributed by atoms with Crippen LogP contribution in [0.25, 0.3) is 11.5 Å². The smallest absolute Gasteiger partial charge is 0.410 e. The number of carbonyl (C=O) groups excluding carboxylic acids is 3. The molecule has 10 nitrogen and oxygen atoms in total. The van der Waals surface area contributed by atoms with E-state index < -0.39 is 18.1 Å². The van der Waals surface area contributed by atoms with Crippen molar-refractivity contribution in [3.63, 3.8) is 0 Å². The van der Waals surface area contributed by atoms with Crippen LogP contribution in [0.15, 0.2) is 70.6 Å². The van der Waals surface area contributed by atoms with Crippen molar-refractivity contribution < 1.29 is 28.3 Å². The van der Waals surface area contributed by atoms with E-state index >= 15 is 0 Å². The zero-order chi connectivity index (χ0) is 25.6. The molecule has 1 atom stereocenters. The number of rotatable bonds is 8. The first-order valence-electron chi connectivity index (χ1n) is 12.0. The molecule has 2 fully saturated rings. The lowest BCUT2D eigenvalue weighted by Gasteiger charge is -2.37. The molecular weight excluding hydrogens is 496 g/mol. The number of nitrogens with zero attached hydrogens (tertiary/aromatic N) is 4. The van der Waals surface area contributed by atoms with Crippen LogP contribution >= 0.6 is 11.8 Å². The lowest BCUT2D eigenvalue weighted by atomic mass is 10.0. The van der Waals surface area contributed by atoms with Gasteiger partial charge in [0.05, 0.1) is 12.0 Å². The van der Waals surface area contributed by atoms with Crippen molar-refractivity contribution >= 4 is 29.7 Å². The van der Waals surface area contributed by atoms with Gasteiger partial charge in [-0.1, -0.05) is 42.1 Å². The minimum atomic E-state index is -0.780. The van der Waals surface area contributed by atoms with Crippen molar-refractivity contribution in [2.45, 2.75) is 36.7 Å². The van der Waals surface area contributed by atoms with Gasteiger partial charge in [0, 0.05) is 25.3 Å². The minimum Gasteiger partial charge on any atom is -0.463 e. The summed E-state index contributed by atoms with van der Waals surface area (Å²) in [6.07, 6.45) is 3.81. The zero-order valence-electron chi connectivity index (χ0n) is 20.0. The quantitative estimate of drug-likeness (QED) is 0.249. The van der Waals surface area contributed by atoms with Crippen molar-refractivity contribution in [1.29, 1.82) is 0 Å². The highest BCUT2D eigenvalue weighted by Crippen LogP contribution is 2.26. The van der Waals surface area contributed by atoms with E-state index in [1.54, 1.807) is 29.5 Å². The minimum absolute atomic E-state index is 0.0285. The average molecular weight is 523 g/mol. The van der Waals surface area contributed by atoms with Crippen LogP contribution in [0.4, 0.5) is 4.79 Å². The molecule has 2 aliphatic heterocycles. The maximum Gasteiger partial charge on any atom is 0.410 e. The largest absolute Gasteiger partial charge is 0.463 e. The molecule has 0 saturated carbocycles. The number of likely N-dealkylation sites (tertiary alicyclic amines) is 1. The third-order valence-electron chi connectivity index (χ3n) is 6.35. The first kappa shape index (κ1) is 24.8. The molecule has 4 heterocycles. The molecule has 192 valence electrons. The number of ether oxygens (including phenoxy) is 2. The molecule has 2 saturated heterocycles. The predicted molar refractivity (Wildman–Crippen MR) is 133 cm³/mol. The van der Waals surface area contributed by atoms with Gasteiger partial charge in [-0.2, -0.15) is 0 Å². The van der Waals surface area contributed by atoms with E-state index in [-0.39, 0.29) is 30.9 Å². The number of esters is 1. The maximum absolute atomic E-state index is 12.8. The van der Waals surface area contributed by atoms with Crippen LogP contribution in [0.3, 0.4) is 0 Å². The molecular formula is C26H26N4O6S. The van der Waals surface area contributed by atoms with Gasteiger partial charge in [0.25, 0.3) is 0 Å². The normalized spacial score (nSPS) is 18.1. The second-order valence-corrected chi connectivity index (χ2v) is 9.64. The second kappa shape index (κ2) is 11.5. The third-order valence-corrected chi connectivity index (χ3v) is 7.20. The second-order valence-electron chi connectivity index (χ2n) is 8.70. The molecule has 11 heteroatoms. The van der Waals surface area contributed by atoms with Gasteiger partial charge in [-0.05, 0) is 36.6 Å². The van der Waals surface area contributed by atoms with Gasteiger partial charge in [-0.25, -0.2) is 19.6 Å². The number of hydrogen-bond acceptors (Lipinski definition) is 9. The summed E-state index contributed by atoms with van der Waals surface area (Å²) in [6.45, 7) is 1.07. The van der Waals surface area contributed by atoms with Crippen LogP contribution < -0.4 is 0 Å². The van der Waals surface area contributed by atoms with Gasteiger partial charge in [-0.15, -0.1) is 0 Å². The topological polar surface area (TPSA) is 115 Å². The summed E-state index contributed by atoms with van der Waals surface area (Å²) in [4.78, 5) is 49.9. The maximum atomic E-state index is 12.8. The Hall–Kier alpha value is -3.86. The number of carbonyl (C=O) groups is 3. The van der Waals surface area contributed by atoms with Gasteiger partial charge in [0.1, 0.15) is 18.9 Å². The van der Waals surface area contributed by atoms with Crippen LogP contribution in [0.5, 0.6) is 0 Å². The van der Waals surface area contributed by atoms with Crippen molar-refractivity contribution in [1.82, 2.24) is 19.8 Å². The number of cyclic esters (lactones) is 1. The van der Waals surface area contributed by atoms with Crippen molar-refractivity contribution in [3.05, 3.63) is 66.6 Å². The monoisotopic (exact) mass is 522 g/mol. The average Bonchev–Trinajstić information content (AvgIpc) is 3.62. The molecule has 37 heavy (non-hydrogen) atoms. The van der Waals surface area contributed by atoms with E-state index in [0.717, 1.165) is 5.56 Å². The lowest BCUT2D eigenvalue weighted by Crippen LogP contribution is -2.52. The van der Waals surface area contributed by atoms with E-state index in [1.807, 2.05) is 36.4 Å². The fourth-order valence-electron chi connectivity index (χ4n) is 4.43. The Balaban J connectivity index is 1.11. The molecule has 0 N–H and O–H groups in total. The fourth-order valence-corrected chi connectivity index (χ4v) is 5.16. The summed E-state index contributed by atoms with van der Waals surface area (Å²) in [6, 6.07) is 13.7. The Morgan fingerprint density at radius 3 is 2.65 bits per heavy atom. The summed E-state index contributed by atoms with van der Waals surface area (Å²) in [5, 5.41) is 0.494. The molecule has 0 bridgehead atoms. The first-order chi connectivity index (χ1) is 18.1. The van der Waals surface area contributed by atoms with Crippen LogP contribution in [0, 0.1) is 0 Å². The zero-order valence-corrected chi connectivity index (χ0v) is 20.8. The Bertz CT molecular complexity index is 1230. The van der Waals surface area contributed by atoms with Crippen LogP contribution in [0.2, 0.25) is 0 Å². The molecule has 1 aromatic carbocycles. The van der Waals surface area contributed by atoms with Crippen molar-refractivity contribution in [2.24, 2.45) is 0 Å². The summed E-state index contributed by atoms with van der Waals surface area (Å²) >= 11 is 1.27. The summed E-state index contributed by atoms with van der Waals surface area (Å²) in [7, 11) is 0. The van der Waals surface area contributed by atoms with Gasteiger partial charge >= 0.3 is 12.1 Å². The van der Waals surface area contributed by atoms with Crippen LogP contribution in [-0.2, 0) is 25.7 Å². The lowest BCUT2D eigenvalue weighted by molar-refractivity contribution is -0.150. The number of thioether (sulfide) groups is 1. The number of benzene rings is 1. The highest BCUT2D eigenvalue weighted by molar-refractivity contribution is 7.99. The molecule has 0 radical (unpaired) electrons. The van der Waals surface area contributed by atoms with E-state index in [0.29, 0.717) is 42.5 Å². The van der Waals surface area contributed by atoms with Crippen molar-refractivity contribution in [2.75, 3.05) is 25.4 Å². The molecule has 0 spiro atoms. The Labute approximate surface area is 218 Å². The van der Waals surface area contributed by atoms with Crippen LogP contribution in [0.1, 0.15) is 18.4 Å². The van der Waals surface area contributed by atoms with Gasteiger partial charge in [0.15, 0.2) is 17.0 Å². The van der Waals surface area contributed by atoms with E-state index in [4.69, 9.17) is 13.9 Å². The van der Waals surface area contributed by atoms with Gasteiger partial charge < -0.3 is 18.8 Å². The fraction of sp³-hybridized carbons (Fsp3) is 0.346. The number of piperidine rings is 1. The van der Waals surface area contributed by atoms with E-state index in [1.165, 1.54) is 16.7 Å². The molecule has 2 amide bonds. The SMILES string of the molecule is O=C(OCc1ccccc1)[C@@H]1COC(=O)N1C1CCN(C(=O)CSc2nccc(-c3ccco3)n2)CC1. The van der Waals surface area contributed by atoms with E-state index in [2.05, 4.69) is 9.97 Å². The molecule has 0 unspecified atom stereocenters. The number of furan rings is 1. The third kappa shape index (κ3) is 5.93. The molecule has 5 rings (SSSR count). The predicted octanol–water partition coefficient (Wildman–Crippen LogP) is 3.38. The Morgan fingerprint density at radius 1 is 1.08 bits per heavy atom. The molecule has 2 aliphatic rings. The van der Waals surface area contributed by atoms with Gasteiger partial charge in [0.2, 0.25) is 5.91 Å². The van der Waals surface area contributed by atoms with Gasteiger partial charge in [-0.3, -0.25) is 9.69 Å². The first-order valence-corrected chi connectivity index (χ1v) is 13.0. The number of hydrogen-bond donors (Lipinski definition) is 0. The summed E-state index contributed by atoms with van der Waals surface area (Å²) in [5.74, 6) is 0.326. The van der Waals surface area contributed by atoms with Crippen molar-refractivity contribution in [3.8, 4) is 11.5 Å². The highest BCUT2D eigenvalue weighted by Gasteiger charge is 2.44. The highest BCUT2D eigenvalue weighted by atomic mass is 32.2. The number of amides is 2. The summed E-state index contributed by atoms with van der Waals surface area (Å²) in [5.41, 5.74) is 1.53. The Morgan fingerprint density at radius 2 is 1.89 bits per heavy atom. The standard InChI is InChI=1S/C26H26N4O6S/c31-23(17-37-25-27-11-8-20(28-25)22-7-4-14-34-22)29-12-9-19(10-13-29)30-21(16-36-26(30)33)24(32)35-15-18-5-2-1-3-6-18/h1-8,11,14,19,21H,9-10,12-13,15-17H2/t21-/m0/s1. The molecule has 2 aromatic heterocycles. The number of aromatic nitrogens is 2. The Kier molecular flexibility index (Phi) is 7.69. The van der Waals surface area contributed by atoms with E-state index in [9.17, 15) is 14.4 Å². The summed E-state index contributed by atoms with van der Waals surface area (Å²) < 4.78 is 16.0. The molecule has 0 aliphatic carbocycles. The van der Waals surface area contributed by atoms with Crippen LogP contribution in [-0.4, -0.2) is 75.3 Å².